The summed E-state index contributed by atoms with van der Waals surface area (Å²) < 4.78 is 0. The van der Waals surface area contributed by atoms with Crippen molar-refractivity contribution in [1.29, 1.82) is 0 Å². The molecule has 0 aromatic rings. The molecule has 4 rings (SSSR count). The Balaban J connectivity index is 1.54. The van der Waals surface area contributed by atoms with Crippen LogP contribution in [0.4, 0.5) is 0 Å². The van der Waals surface area contributed by atoms with Crippen molar-refractivity contribution in [3.8, 4) is 0 Å². The van der Waals surface area contributed by atoms with Crippen LogP contribution in [-0.4, -0.2) is 22.4 Å². The van der Waals surface area contributed by atoms with Gasteiger partial charge in [-0.05, 0) is 86.4 Å². The fourth-order valence-electron chi connectivity index (χ4n) is 8.50. The van der Waals surface area contributed by atoms with Crippen LogP contribution in [0.3, 0.4) is 0 Å². The van der Waals surface area contributed by atoms with Gasteiger partial charge in [0.05, 0.1) is 12.2 Å². The molecule has 0 aliphatic heterocycles. The van der Waals surface area contributed by atoms with Gasteiger partial charge in [-0.15, -0.1) is 0 Å². The quantitative estimate of drug-likeness (QED) is 0.515. The molecule has 0 spiro atoms. The van der Waals surface area contributed by atoms with Gasteiger partial charge in [-0.25, -0.2) is 0 Å². The molecule has 4 aliphatic carbocycles. The summed E-state index contributed by atoms with van der Waals surface area (Å²) in [6.07, 6.45) is 12.6. The SMILES string of the molecule is CC(C)CCC[C@H](C)[C@@H]1CC[C@H]2[C@@H]3C[C@@H](O)[C@@]4(C)C[C@@H](O)CCC4=C3CC[C@@]21C. The van der Waals surface area contributed by atoms with Crippen molar-refractivity contribution in [2.75, 3.05) is 0 Å². The second kappa shape index (κ2) is 7.97. The Morgan fingerprint density at radius 3 is 2.48 bits per heavy atom. The van der Waals surface area contributed by atoms with Crippen LogP contribution in [0, 0.1) is 40.4 Å². The van der Waals surface area contributed by atoms with Gasteiger partial charge in [-0.2, -0.15) is 0 Å². The van der Waals surface area contributed by atoms with E-state index in [0.717, 1.165) is 49.4 Å². The van der Waals surface area contributed by atoms with Crippen LogP contribution in [0.1, 0.15) is 105 Å². The largest absolute Gasteiger partial charge is 0.393 e. The second-order valence-electron chi connectivity index (χ2n) is 12.3. The van der Waals surface area contributed by atoms with Crippen LogP contribution < -0.4 is 0 Å². The maximum Gasteiger partial charge on any atom is 0.0637 e. The molecule has 0 aromatic heterocycles. The molecule has 0 unspecified atom stereocenters. The van der Waals surface area contributed by atoms with Crippen molar-refractivity contribution in [2.45, 2.75) is 117 Å². The molecular formula is C27H46O2. The molecule has 0 bridgehead atoms. The van der Waals surface area contributed by atoms with Gasteiger partial charge in [0.1, 0.15) is 0 Å². The van der Waals surface area contributed by atoms with E-state index >= 15 is 0 Å². The number of allylic oxidation sites excluding steroid dienone is 1. The smallest absolute Gasteiger partial charge is 0.0637 e. The highest BCUT2D eigenvalue weighted by molar-refractivity contribution is 5.34. The van der Waals surface area contributed by atoms with Crippen LogP contribution in [-0.2, 0) is 0 Å². The monoisotopic (exact) mass is 402 g/mol. The maximum atomic E-state index is 11.2. The first kappa shape index (κ1) is 21.9. The zero-order valence-electron chi connectivity index (χ0n) is 19.7. The standard InChI is InChI=1S/C27H46O2/c1-17(2)7-6-8-18(3)22-11-12-24-21-15-25(29)27(5)16-19(28)9-10-23(27)20(21)13-14-26(22,24)4/h17-19,21-22,24-25,28-29H,6-16H2,1-5H3/t18-,19-,21+,22-,24-,25+,26+,27-/m0/s1. The minimum Gasteiger partial charge on any atom is -0.393 e. The first-order chi connectivity index (χ1) is 13.7. The fourth-order valence-corrected chi connectivity index (χ4v) is 8.50. The van der Waals surface area contributed by atoms with Crippen LogP contribution in [0.15, 0.2) is 11.1 Å². The van der Waals surface area contributed by atoms with Crippen molar-refractivity contribution < 1.29 is 10.2 Å². The third-order valence-electron chi connectivity index (χ3n) is 10.2. The van der Waals surface area contributed by atoms with E-state index in [1.807, 2.05) is 0 Å². The van der Waals surface area contributed by atoms with Gasteiger partial charge in [0.2, 0.25) is 0 Å². The van der Waals surface area contributed by atoms with Gasteiger partial charge in [-0.3, -0.25) is 0 Å². The van der Waals surface area contributed by atoms with E-state index in [-0.39, 0.29) is 17.6 Å². The third kappa shape index (κ3) is 3.65. The van der Waals surface area contributed by atoms with Crippen LogP contribution >= 0.6 is 0 Å². The summed E-state index contributed by atoms with van der Waals surface area (Å²) in [4.78, 5) is 0. The second-order valence-corrected chi connectivity index (χ2v) is 12.3. The van der Waals surface area contributed by atoms with Crippen LogP contribution in [0.25, 0.3) is 0 Å². The van der Waals surface area contributed by atoms with Crippen LogP contribution in [0.2, 0.25) is 0 Å². The lowest BCUT2D eigenvalue weighted by atomic mass is 9.50. The molecule has 166 valence electrons. The average Bonchev–Trinajstić information content (AvgIpc) is 2.99. The van der Waals surface area contributed by atoms with Gasteiger partial charge < -0.3 is 10.2 Å². The molecule has 3 saturated carbocycles. The summed E-state index contributed by atoms with van der Waals surface area (Å²) in [5.41, 5.74) is 3.58. The van der Waals surface area contributed by atoms with Gasteiger partial charge in [-0.1, -0.05) is 65.0 Å². The number of hydrogen-bond donors (Lipinski definition) is 2. The molecule has 2 heteroatoms. The van der Waals surface area contributed by atoms with E-state index < -0.39 is 0 Å². The molecule has 3 fully saturated rings. The summed E-state index contributed by atoms with van der Waals surface area (Å²) in [5.74, 6) is 3.90. The normalized spacial score (nSPS) is 45.7. The molecule has 4 aliphatic rings. The van der Waals surface area contributed by atoms with E-state index in [4.69, 9.17) is 0 Å². The van der Waals surface area contributed by atoms with E-state index in [2.05, 4.69) is 34.6 Å². The topological polar surface area (TPSA) is 40.5 Å². The molecule has 2 nitrogen and oxygen atoms in total. The van der Waals surface area contributed by atoms with Crippen molar-refractivity contribution >= 4 is 0 Å². The molecule has 29 heavy (non-hydrogen) atoms. The van der Waals surface area contributed by atoms with Gasteiger partial charge in [0.15, 0.2) is 0 Å². The lowest BCUT2D eigenvalue weighted by molar-refractivity contribution is -0.0455. The molecule has 0 aromatic carbocycles. The zero-order chi connectivity index (χ0) is 21.0. The van der Waals surface area contributed by atoms with Crippen molar-refractivity contribution in [2.24, 2.45) is 40.4 Å². The number of rotatable bonds is 5. The summed E-state index contributed by atoms with van der Waals surface area (Å²) in [7, 11) is 0. The van der Waals surface area contributed by atoms with Crippen molar-refractivity contribution in [3.63, 3.8) is 0 Å². The molecule has 0 heterocycles. The Morgan fingerprint density at radius 1 is 1.00 bits per heavy atom. The minimum atomic E-state index is -0.272. The van der Waals surface area contributed by atoms with Crippen molar-refractivity contribution in [1.82, 2.24) is 0 Å². The highest BCUT2D eigenvalue weighted by atomic mass is 16.3. The van der Waals surface area contributed by atoms with Gasteiger partial charge >= 0.3 is 0 Å². The number of hydrogen-bond acceptors (Lipinski definition) is 2. The fraction of sp³-hybridized carbons (Fsp3) is 0.926. The Morgan fingerprint density at radius 2 is 1.76 bits per heavy atom. The molecule has 0 saturated heterocycles. The van der Waals surface area contributed by atoms with Gasteiger partial charge in [0.25, 0.3) is 0 Å². The van der Waals surface area contributed by atoms with Crippen molar-refractivity contribution in [3.05, 3.63) is 11.1 Å². The molecular weight excluding hydrogens is 356 g/mol. The minimum absolute atomic E-state index is 0.167. The Kier molecular flexibility index (Phi) is 6.01. The predicted molar refractivity (Wildman–Crippen MR) is 121 cm³/mol. The maximum absolute atomic E-state index is 11.2. The Bertz CT molecular complexity index is 636. The lowest BCUT2D eigenvalue weighted by Gasteiger charge is -2.55. The average molecular weight is 403 g/mol. The van der Waals surface area contributed by atoms with E-state index in [9.17, 15) is 10.2 Å². The predicted octanol–water partition coefficient (Wildman–Crippen LogP) is 6.50. The van der Waals surface area contributed by atoms with E-state index in [1.54, 1.807) is 11.1 Å². The zero-order valence-corrected chi connectivity index (χ0v) is 19.7. The number of aliphatic hydroxyl groups is 2. The summed E-state index contributed by atoms with van der Waals surface area (Å²) in [5, 5.41) is 21.5. The first-order valence-electron chi connectivity index (χ1n) is 12.8. The third-order valence-corrected chi connectivity index (χ3v) is 10.2. The van der Waals surface area contributed by atoms with E-state index in [0.29, 0.717) is 11.3 Å². The van der Waals surface area contributed by atoms with E-state index in [1.165, 1.54) is 44.9 Å². The highest BCUT2D eigenvalue weighted by Gasteiger charge is 2.57. The molecule has 0 radical (unpaired) electrons. The van der Waals surface area contributed by atoms with Crippen LogP contribution in [0.5, 0.6) is 0 Å². The van der Waals surface area contributed by atoms with Gasteiger partial charge in [0, 0.05) is 5.41 Å². The molecule has 8 atom stereocenters. The summed E-state index contributed by atoms with van der Waals surface area (Å²) >= 11 is 0. The Hall–Kier alpha value is -0.340. The number of fused-ring (bicyclic) bond motifs is 4. The summed E-state index contributed by atoms with van der Waals surface area (Å²) in [6.45, 7) is 12.1. The summed E-state index contributed by atoms with van der Waals surface area (Å²) in [6, 6.07) is 0. The first-order valence-corrected chi connectivity index (χ1v) is 12.8. The highest BCUT2D eigenvalue weighted by Crippen LogP contribution is 2.65. The molecule has 0 amide bonds. The number of aliphatic hydroxyl groups excluding tert-OH is 2. The lowest BCUT2D eigenvalue weighted by Crippen LogP contribution is -2.50. The molecule has 2 N–H and O–H groups in total. The Labute approximate surface area is 179 Å².